The van der Waals surface area contributed by atoms with Crippen LogP contribution >= 0.6 is 15.9 Å². The number of halogens is 1. The molecule has 0 unspecified atom stereocenters. The Balaban J connectivity index is 1.40. The summed E-state index contributed by atoms with van der Waals surface area (Å²) in [7, 11) is -3.89. The average molecular weight is 545 g/mol. The van der Waals surface area contributed by atoms with Crippen molar-refractivity contribution in [1.82, 2.24) is 0 Å². The third-order valence-corrected chi connectivity index (χ3v) is 6.62. The highest BCUT2D eigenvalue weighted by Crippen LogP contribution is 2.33. The Morgan fingerprint density at radius 1 is 1.03 bits per heavy atom. The standard InChI is InChI=1S/C24H21BrN2O6S/c1-2-31-21-11-5-17(25)14-23(21)34(29,30)27-19-8-6-18(7-9-19)26-24(28)12-4-16-3-10-20-22(13-16)33-15-32-20/h3-14,27H,2,15H2,1H3,(H,26,28). The predicted molar refractivity (Wildman–Crippen MR) is 133 cm³/mol. The molecule has 10 heteroatoms. The molecular weight excluding hydrogens is 524 g/mol. The second-order valence-corrected chi connectivity index (χ2v) is 9.71. The van der Waals surface area contributed by atoms with E-state index in [-0.39, 0.29) is 23.3 Å². The van der Waals surface area contributed by atoms with Gasteiger partial charge in [0.15, 0.2) is 11.5 Å². The number of ether oxygens (including phenoxy) is 3. The van der Waals surface area contributed by atoms with Crippen LogP contribution < -0.4 is 24.2 Å². The van der Waals surface area contributed by atoms with Gasteiger partial charge in [-0.1, -0.05) is 22.0 Å². The SMILES string of the molecule is CCOc1ccc(Br)cc1S(=O)(=O)Nc1ccc(NC(=O)C=Cc2ccc3c(c2)OCO3)cc1. The molecule has 8 nitrogen and oxygen atoms in total. The van der Waals surface area contributed by atoms with E-state index >= 15 is 0 Å². The fourth-order valence-corrected chi connectivity index (χ4v) is 4.91. The van der Waals surface area contributed by atoms with E-state index in [2.05, 4.69) is 26.0 Å². The van der Waals surface area contributed by atoms with Crippen molar-refractivity contribution in [3.8, 4) is 17.2 Å². The third kappa shape index (κ3) is 5.70. The molecule has 3 aromatic rings. The molecule has 1 heterocycles. The summed E-state index contributed by atoms with van der Waals surface area (Å²) in [5.74, 6) is 1.24. The van der Waals surface area contributed by atoms with Crippen LogP contribution in [-0.4, -0.2) is 27.7 Å². The quantitative estimate of drug-likeness (QED) is 0.385. The van der Waals surface area contributed by atoms with Crippen LogP contribution in [0.5, 0.6) is 17.2 Å². The van der Waals surface area contributed by atoms with Gasteiger partial charge < -0.3 is 19.5 Å². The van der Waals surface area contributed by atoms with Gasteiger partial charge in [0.25, 0.3) is 10.0 Å². The van der Waals surface area contributed by atoms with Gasteiger partial charge in [0.05, 0.1) is 6.61 Å². The van der Waals surface area contributed by atoms with Gasteiger partial charge in [0.1, 0.15) is 10.6 Å². The molecular formula is C24H21BrN2O6S. The van der Waals surface area contributed by atoms with Crippen molar-refractivity contribution < 1.29 is 27.4 Å². The largest absolute Gasteiger partial charge is 0.492 e. The summed E-state index contributed by atoms with van der Waals surface area (Å²) in [5, 5.41) is 2.73. The van der Waals surface area contributed by atoms with Crippen LogP contribution in [-0.2, 0) is 14.8 Å². The number of benzene rings is 3. The normalized spacial score (nSPS) is 12.5. The maximum atomic E-state index is 12.9. The van der Waals surface area contributed by atoms with Crippen molar-refractivity contribution in [2.75, 3.05) is 23.4 Å². The lowest BCUT2D eigenvalue weighted by molar-refractivity contribution is -0.111. The predicted octanol–water partition coefficient (Wildman–Crippen LogP) is 5.03. The van der Waals surface area contributed by atoms with E-state index in [1.807, 2.05) is 6.07 Å². The van der Waals surface area contributed by atoms with Crippen molar-refractivity contribution >= 4 is 49.3 Å². The lowest BCUT2D eigenvalue weighted by atomic mass is 10.2. The van der Waals surface area contributed by atoms with Gasteiger partial charge in [0, 0.05) is 21.9 Å². The molecule has 0 aliphatic carbocycles. The van der Waals surface area contributed by atoms with E-state index in [1.54, 1.807) is 61.5 Å². The summed E-state index contributed by atoms with van der Waals surface area (Å²) in [6.45, 7) is 2.30. The molecule has 2 N–H and O–H groups in total. The van der Waals surface area contributed by atoms with Crippen LogP contribution in [0.25, 0.3) is 6.08 Å². The zero-order chi connectivity index (χ0) is 24.1. The number of hydrogen-bond donors (Lipinski definition) is 2. The van der Waals surface area contributed by atoms with Crippen molar-refractivity contribution in [3.63, 3.8) is 0 Å². The van der Waals surface area contributed by atoms with Crippen LogP contribution in [0.15, 0.2) is 76.1 Å². The van der Waals surface area contributed by atoms with Crippen LogP contribution in [0.3, 0.4) is 0 Å². The minimum Gasteiger partial charge on any atom is -0.492 e. The second kappa shape index (κ2) is 10.2. The lowest BCUT2D eigenvalue weighted by Gasteiger charge is -2.13. The minimum absolute atomic E-state index is 0.0229. The second-order valence-electron chi connectivity index (χ2n) is 7.14. The maximum absolute atomic E-state index is 12.9. The van der Waals surface area contributed by atoms with E-state index in [1.165, 1.54) is 12.1 Å². The van der Waals surface area contributed by atoms with E-state index < -0.39 is 10.0 Å². The number of nitrogens with one attached hydrogen (secondary N) is 2. The van der Waals surface area contributed by atoms with Crippen molar-refractivity contribution in [2.24, 2.45) is 0 Å². The van der Waals surface area contributed by atoms with Crippen LogP contribution in [0.4, 0.5) is 11.4 Å². The van der Waals surface area contributed by atoms with Crippen molar-refractivity contribution in [3.05, 3.63) is 76.8 Å². The lowest BCUT2D eigenvalue weighted by Crippen LogP contribution is -2.15. The molecule has 3 aromatic carbocycles. The monoisotopic (exact) mass is 544 g/mol. The molecule has 0 spiro atoms. The number of rotatable bonds is 8. The fourth-order valence-electron chi connectivity index (χ4n) is 3.17. The first-order chi connectivity index (χ1) is 16.3. The molecule has 1 amide bonds. The van der Waals surface area contributed by atoms with Gasteiger partial charge in [-0.15, -0.1) is 0 Å². The van der Waals surface area contributed by atoms with E-state index in [9.17, 15) is 13.2 Å². The zero-order valence-electron chi connectivity index (χ0n) is 18.1. The fraction of sp³-hybridized carbons (Fsp3) is 0.125. The van der Waals surface area contributed by atoms with Crippen molar-refractivity contribution in [2.45, 2.75) is 11.8 Å². The Hall–Kier alpha value is -3.50. The van der Waals surface area contributed by atoms with E-state index in [0.29, 0.717) is 34.0 Å². The van der Waals surface area contributed by atoms with Gasteiger partial charge in [-0.2, -0.15) is 0 Å². The molecule has 1 aliphatic heterocycles. The van der Waals surface area contributed by atoms with Gasteiger partial charge in [0.2, 0.25) is 12.7 Å². The smallest absolute Gasteiger partial charge is 0.265 e. The first-order valence-electron chi connectivity index (χ1n) is 10.3. The van der Waals surface area contributed by atoms with Crippen molar-refractivity contribution in [1.29, 1.82) is 0 Å². The van der Waals surface area contributed by atoms with Crippen LogP contribution in [0, 0.1) is 0 Å². The molecule has 0 saturated carbocycles. The van der Waals surface area contributed by atoms with Gasteiger partial charge >= 0.3 is 0 Å². The highest BCUT2D eigenvalue weighted by molar-refractivity contribution is 9.10. The topological polar surface area (TPSA) is 103 Å². The van der Waals surface area contributed by atoms with Crippen LogP contribution in [0.2, 0.25) is 0 Å². The van der Waals surface area contributed by atoms with E-state index in [4.69, 9.17) is 14.2 Å². The third-order valence-electron chi connectivity index (χ3n) is 4.72. The number of fused-ring (bicyclic) bond motifs is 1. The summed E-state index contributed by atoms with van der Waals surface area (Å²) in [6, 6.07) is 16.5. The molecule has 0 aromatic heterocycles. The van der Waals surface area contributed by atoms with Crippen LogP contribution in [0.1, 0.15) is 12.5 Å². The van der Waals surface area contributed by atoms with Gasteiger partial charge in [-0.25, -0.2) is 8.42 Å². The number of carbonyl (C=O) groups excluding carboxylic acids is 1. The van der Waals surface area contributed by atoms with E-state index in [0.717, 1.165) is 5.56 Å². The summed E-state index contributed by atoms with van der Waals surface area (Å²) < 4.78 is 45.0. The molecule has 0 saturated heterocycles. The van der Waals surface area contributed by atoms with Gasteiger partial charge in [-0.05, 0) is 73.2 Å². The summed E-state index contributed by atoms with van der Waals surface area (Å²) in [5.41, 5.74) is 1.65. The Morgan fingerprint density at radius 2 is 1.76 bits per heavy atom. The molecule has 0 fully saturated rings. The number of amides is 1. The minimum atomic E-state index is -3.89. The molecule has 176 valence electrons. The average Bonchev–Trinajstić information content (AvgIpc) is 3.28. The summed E-state index contributed by atoms with van der Waals surface area (Å²) >= 11 is 3.29. The molecule has 34 heavy (non-hydrogen) atoms. The Bertz CT molecular complexity index is 1340. The maximum Gasteiger partial charge on any atom is 0.265 e. The number of hydrogen-bond acceptors (Lipinski definition) is 6. The first kappa shape index (κ1) is 23.7. The molecule has 4 rings (SSSR count). The highest BCUT2D eigenvalue weighted by Gasteiger charge is 2.20. The first-order valence-corrected chi connectivity index (χ1v) is 12.6. The molecule has 0 radical (unpaired) electrons. The Kier molecular flexibility index (Phi) is 7.09. The zero-order valence-corrected chi connectivity index (χ0v) is 20.5. The summed E-state index contributed by atoms with van der Waals surface area (Å²) in [6.07, 6.45) is 3.06. The number of carbonyl (C=O) groups is 1. The molecule has 1 aliphatic rings. The summed E-state index contributed by atoms with van der Waals surface area (Å²) in [4.78, 5) is 12.3. The Morgan fingerprint density at radius 3 is 2.53 bits per heavy atom. The number of sulfonamides is 1. The van der Waals surface area contributed by atoms with Gasteiger partial charge in [-0.3, -0.25) is 9.52 Å². The number of anilines is 2. The Labute approximate surface area is 205 Å². The molecule has 0 bridgehead atoms. The highest BCUT2D eigenvalue weighted by atomic mass is 79.9. The molecule has 0 atom stereocenters.